The van der Waals surface area contributed by atoms with Gasteiger partial charge in [-0.2, -0.15) is 0 Å². The summed E-state index contributed by atoms with van der Waals surface area (Å²) in [6, 6.07) is 3.95. The van der Waals surface area contributed by atoms with Gasteiger partial charge in [0.25, 0.3) is 11.6 Å². The first-order chi connectivity index (χ1) is 9.78. The van der Waals surface area contributed by atoms with Crippen LogP contribution in [0.1, 0.15) is 13.3 Å². The number of anilines is 1. The Morgan fingerprint density at radius 2 is 2.19 bits per heavy atom. The average Bonchev–Trinajstić information content (AvgIpc) is 2.44. The van der Waals surface area contributed by atoms with Crippen molar-refractivity contribution in [3.63, 3.8) is 0 Å². The monoisotopic (exact) mass is 294 g/mol. The SMILES string of the molecule is COC(=O)CC1(C)Oc2cc([N+](=O)[O-])ccc2N(C)C1=O. The third-order valence-corrected chi connectivity index (χ3v) is 3.32. The molecule has 0 bridgehead atoms. The lowest BCUT2D eigenvalue weighted by Gasteiger charge is -2.38. The molecule has 1 aliphatic rings. The fourth-order valence-corrected chi connectivity index (χ4v) is 2.19. The minimum atomic E-state index is -1.45. The Hall–Kier alpha value is -2.64. The highest BCUT2D eigenvalue weighted by molar-refractivity contribution is 6.04. The van der Waals surface area contributed by atoms with E-state index in [1.54, 1.807) is 0 Å². The Kier molecular flexibility index (Phi) is 3.54. The van der Waals surface area contributed by atoms with E-state index in [1.165, 1.54) is 44.2 Å². The van der Waals surface area contributed by atoms with Gasteiger partial charge in [0, 0.05) is 13.1 Å². The summed E-state index contributed by atoms with van der Waals surface area (Å²) in [5.41, 5.74) is -1.20. The number of carbonyl (C=O) groups excluding carboxylic acids is 2. The number of nitrogens with zero attached hydrogens (tertiary/aromatic N) is 2. The largest absolute Gasteiger partial charge is 0.475 e. The second kappa shape index (κ2) is 5.04. The summed E-state index contributed by atoms with van der Waals surface area (Å²) < 4.78 is 10.1. The van der Waals surface area contributed by atoms with E-state index in [2.05, 4.69) is 4.74 Å². The molecular formula is C13H14N2O6. The van der Waals surface area contributed by atoms with Crippen molar-refractivity contribution in [3.05, 3.63) is 28.3 Å². The van der Waals surface area contributed by atoms with Crippen LogP contribution in [0.5, 0.6) is 5.75 Å². The van der Waals surface area contributed by atoms with Gasteiger partial charge in [0.05, 0.1) is 30.2 Å². The number of benzene rings is 1. The van der Waals surface area contributed by atoms with Crippen molar-refractivity contribution in [3.8, 4) is 5.75 Å². The normalized spacial score (nSPS) is 20.5. The van der Waals surface area contributed by atoms with E-state index in [9.17, 15) is 19.7 Å². The first-order valence-corrected chi connectivity index (χ1v) is 6.11. The van der Waals surface area contributed by atoms with Crippen LogP contribution in [0.4, 0.5) is 11.4 Å². The van der Waals surface area contributed by atoms with Crippen LogP contribution < -0.4 is 9.64 Å². The zero-order valence-corrected chi connectivity index (χ0v) is 11.8. The molecule has 0 saturated carbocycles. The van der Waals surface area contributed by atoms with Gasteiger partial charge >= 0.3 is 5.97 Å². The molecule has 1 heterocycles. The molecule has 0 radical (unpaired) electrons. The van der Waals surface area contributed by atoms with Gasteiger partial charge in [0.1, 0.15) is 0 Å². The van der Waals surface area contributed by atoms with Crippen LogP contribution in [-0.2, 0) is 14.3 Å². The molecule has 1 aromatic rings. The summed E-state index contributed by atoms with van der Waals surface area (Å²) in [6.45, 7) is 1.45. The number of fused-ring (bicyclic) bond motifs is 1. The Morgan fingerprint density at radius 3 is 2.76 bits per heavy atom. The lowest BCUT2D eigenvalue weighted by Crippen LogP contribution is -2.54. The molecule has 0 fully saturated rings. The van der Waals surface area contributed by atoms with Crippen molar-refractivity contribution < 1.29 is 24.0 Å². The number of methoxy groups -OCH3 is 1. The van der Waals surface area contributed by atoms with Crippen LogP contribution in [0, 0.1) is 10.1 Å². The number of likely N-dealkylation sites (N-methyl/N-ethyl adjacent to an activating group) is 1. The molecule has 8 heteroatoms. The highest BCUT2D eigenvalue weighted by Gasteiger charge is 2.45. The zero-order valence-electron chi connectivity index (χ0n) is 11.8. The molecule has 0 N–H and O–H groups in total. The molecule has 8 nitrogen and oxygen atoms in total. The van der Waals surface area contributed by atoms with Crippen molar-refractivity contribution in [1.29, 1.82) is 0 Å². The van der Waals surface area contributed by atoms with E-state index in [0.717, 1.165) is 0 Å². The maximum absolute atomic E-state index is 12.3. The molecule has 1 amide bonds. The van der Waals surface area contributed by atoms with E-state index in [0.29, 0.717) is 5.69 Å². The number of hydrogen-bond donors (Lipinski definition) is 0. The molecule has 0 spiro atoms. The fourth-order valence-electron chi connectivity index (χ4n) is 2.19. The third-order valence-electron chi connectivity index (χ3n) is 3.32. The van der Waals surface area contributed by atoms with Crippen LogP contribution in [-0.4, -0.2) is 36.6 Å². The Balaban J connectivity index is 2.44. The molecule has 0 saturated heterocycles. The van der Waals surface area contributed by atoms with E-state index in [1.807, 2.05) is 0 Å². The number of nitro groups is 1. The summed E-state index contributed by atoms with van der Waals surface area (Å²) in [7, 11) is 2.73. The molecule has 21 heavy (non-hydrogen) atoms. The molecule has 1 aliphatic heterocycles. The number of non-ortho nitro benzene ring substituents is 1. The molecule has 1 unspecified atom stereocenters. The number of nitro benzene ring substituents is 1. The maximum atomic E-state index is 12.3. The van der Waals surface area contributed by atoms with Gasteiger partial charge in [0.2, 0.25) is 0 Å². The van der Waals surface area contributed by atoms with E-state index in [4.69, 9.17) is 4.74 Å². The highest BCUT2D eigenvalue weighted by atomic mass is 16.6. The zero-order chi connectivity index (χ0) is 15.8. The predicted molar refractivity (Wildman–Crippen MR) is 72.2 cm³/mol. The van der Waals surface area contributed by atoms with Crippen molar-refractivity contribution in [1.82, 2.24) is 0 Å². The van der Waals surface area contributed by atoms with Gasteiger partial charge in [-0.15, -0.1) is 0 Å². The number of ether oxygens (including phenoxy) is 2. The minimum absolute atomic E-state index is 0.156. The number of hydrogen-bond acceptors (Lipinski definition) is 6. The van der Waals surface area contributed by atoms with E-state index >= 15 is 0 Å². The average molecular weight is 294 g/mol. The lowest BCUT2D eigenvalue weighted by atomic mass is 9.97. The Bertz CT molecular complexity index is 629. The molecule has 0 aliphatic carbocycles. The smallest absolute Gasteiger partial charge is 0.310 e. The van der Waals surface area contributed by atoms with Gasteiger partial charge in [-0.1, -0.05) is 0 Å². The number of carbonyl (C=O) groups is 2. The van der Waals surface area contributed by atoms with Crippen LogP contribution >= 0.6 is 0 Å². The highest BCUT2D eigenvalue weighted by Crippen LogP contribution is 2.40. The number of amides is 1. The number of rotatable bonds is 3. The Morgan fingerprint density at radius 1 is 1.52 bits per heavy atom. The molecular weight excluding hydrogens is 280 g/mol. The molecule has 0 aromatic heterocycles. The molecule has 1 atom stereocenters. The van der Waals surface area contributed by atoms with Gasteiger partial charge in [-0.05, 0) is 13.0 Å². The summed E-state index contributed by atoms with van der Waals surface area (Å²) >= 11 is 0. The quantitative estimate of drug-likeness (QED) is 0.473. The summed E-state index contributed by atoms with van der Waals surface area (Å²) in [5, 5.41) is 10.8. The van der Waals surface area contributed by atoms with Crippen molar-refractivity contribution in [2.45, 2.75) is 18.9 Å². The van der Waals surface area contributed by atoms with Gasteiger partial charge < -0.3 is 14.4 Å². The summed E-state index contributed by atoms with van der Waals surface area (Å²) in [6.07, 6.45) is -0.283. The molecule has 1 aromatic carbocycles. The Labute approximate surface area is 120 Å². The topological polar surface area (TPSA) is 99.0 Å². The molecule has 112 valence electrons. The molecule has 2 rings (SSSR count). The van der Waals surface area contributed by atoms with Gasteiger partial charge in [0.15, 0.2) is 11.4 Å². The number of esters is 1. The summed E-state index contributed by atoms with van der Waals surface area (Å²) in [5.74, 6) is -0.847. The van der Waals surface area contributed by atoms with Crippen molar-refractivity contribution in [2.24, 2.45) is 0 Å². The van der Waals surface area contributed by atoms with Crippen LogP contribution in [0.25, 0.3) is 0 Å². The van der Waals surface area contributed by atoms with Crippen molar-refractivity contribution >= 4 is 23.3 Å². The second-order valence-electron chi connectivity index (χ2n) is 4.86. The van der Waals surface area contributed by atoms with Crippen LogP contribution in [0.15, 0.2) is 18.2 Å². The fraction of sp³-hybridized carbons (Fsp3) is 0.385. The van der Waals surface area contributed by atoms with Crippen LogP contribution in [0.3, 0.4) is 0 Å². The standard InChI is InChI=1S/C13H14N2O6/c1-13(7-11(16)20-3)12(17)14(2)9-5-4-8(15(18)19)6-10(9)21-13/h4-6H,7H2,1-3H3. The van der Waals surface area contributed by atoms with E-state index in [-0.39, 0.29) is 17.9 Å². The van der Waals surface area contributed by atoms with E-state index < -0.39 is 22.4 Å². The van der Waals surface area contributed by atoms with Gasteiger partial charge in [-0.3, -0.25) is 19.7 Å². The second-order valence-corrected chi connectivity index (χ2v) is 4.86. The van der Waals surface area contributed by atoms with Crippen LogP contribution in [0.2, 0.25) is 0 Å². The maximum Gasteiger partial charge on any atom is 0.310 e. The minimum Gasteiger partial charge on any atom is -0.475 e. The van der Waals surface area contributed by atoms with Gasteiger partial charge in [-0.25, -0.2) is 0 Å². The third kappa shape index (κ3) is 2.51. The lowest BCUT2D eigenvalue weighted by molar-refractivity contribution is -0.385. The predicted octanol–water partition coefficient (Wildman–Crippen LogP) is 1.27. The summed E-state index contributed by atoms with van der Waals surface area (Å²) in [4.78, 5) is 35.3. The van der Waals surface area contributed by atoms with Crippen molar-refractivity contribution in [2.75, 3.05) is 19.1 Å². The first-order valence-electron chi connectivity index (χ1n) is 6.11. The first kappa shape index (κ1) is 14.8.